The number of halogens is 2. The van der Waals surface area contributed by atoms with E-state index in [-0.39, 0.29) is 22.8 Å². The van der Waals surface area contributed by atoms with E-state index in [9.17, 15) is 9.18 Å². The summed E-state index contributed by atoms with van der Waals surface area (Å²) >= 11 is 5.60. The van der Waals surface area contributed by atoms with Crippen molar-refractivity contribution in [1.82, 2.24) is 0 Å². The van der Waals surface area contributed by atoms with Crippen molar-refractivity contribution in [2.75, 3.05) is 0 Å². The van der Waals surface area contributed by atoms with Crippen LogP contribution in [0.5, 0.6) is 0 Å². The maximum absolute atomic E-state index is 13.4. The average Bonchev–Trinajstić information content (AvgIpc) is 2.48. The summed E-state index contributed by atoms with van der Waals surface area (Å²) in [5.74, 6) is -1.52. The molecule has 0 bridgehead atoms. The molecule has 4 heteroatoms. The van der Waals surface area contributed by atoms with Crippen LogP contribution in [0.3, 0.4) is 0 Å². The van der Waals surface area contributed by atoms with Crippen molar-refractivity contribution in [3.05, 3.63) is 70.5 Å². The van der Waals surface area contributed by atoms with E-state index in [1.807, 2.05) is 12.1 Å². The first kappa shape index (κ1) is 14.2. The Labute approximate surface area is 121 Å². The number of hydrogen-bond acceptors (Lipinski definition) is 2. The summed E-state index contributed by atoms with van der Waals surface area (Å²) in [6.45, 7) is 0. The third-order valence-electron chi connectivity index (χ3n) is 3.02. The van der Waals surface area contributed by atoms with Crippen molar-refractivity contribution in [2.45, 2.75) is 12.3 Å². The molecule has 2 aromatic carbocycles. The molecule has 2 aromatic rings. The molecule has 0 aliphatic heterocycles. The highest BCUT2D eigenvalue weighted by Crippen LogP contribution is 2.25. The molecule has 0 saturated carbocycles. The zero-order valence-corrected chi connectivity index (χ0v) is 11.3. The summed E-state index contributed by atoms with van der Waals surface area (Å²) in [4.78, 5) is 12.4. The summed E-state index contributed by atoms with van der Waals surface area (Å²) < 4.78 is 13.4. The Bertz CT molecular complexity index is 664. The lowest BCUT2D eigenvalue weighted by atomic mass is 9.88. The van der Waals surface area contributed by atoms with Crippen molar-refractivity contribution in [3.8, 4) is 6.07 Å². The van der Waals surface area contributed by atoms with Gasteiger partial charge in [-0.25, -0.2) is 4.39 Å². The van der Waals surface area contributed by atoms with Gasteiger partial charge in [-0.2, -0.15) is 5.26 Å². The van der Waals surface area contributed by atoms with Gasteiger partial charge in [0.05, 0.1) is 17.0 Å². The highest BCUT2D eigenvalue weighted by molar-refractivity contribution is 6.30. The minimum atomic E-state index is -0.638. The fraction of sp³-hybridized carbons (Fsp3) is 0.125. The lowest BCUT2D eigenvalue weighted by molar-refractivity contribution is 0.0960. The van der Waals surface area contributed by atoms with Gasteiger partial charge in [-0.05, 0) is 23.8 Å². The Kier molecular flexibility index (Phi) is 4.49. The van der Waals surface area contributed by atoms with E-state index >= 15 is 0 Å². The molecule has 0 saturated heterocycles. The number of carbonyl (C=O) groups excluding carboxylic acids is 1. The number of Topliss-reactive ketones (excluding diaryl/α,β-unsaturated/α-hetero) is 1. The van der Waals surface area contributed by atoms with Gasteiger partial charge in [-0.3, -0.25) is 4.79 Å². The molecule has 0 heterocycles. The summed E-state index contributed by atoms with van der Waals surface area (Å²) in [6.07, 6.45) is 0.0487. The van der Waals surface area contributed by atoms with Gasteiger partial charge in [-0.15, -0.1) is 0 Å². The van der Waals surface area contributed by atoms with Crippen LogP contribution in [0.1, 0.15) is 28.3 Å². The Morgan fingerprint density at radius 3 is 2.55 bits per heavy atom. The monoisotopic (exact) mass is 287 g/mol. The standard InChI is InChI=1S/C16H11ClFNO/c17-14-7-6-12(10-15(14)18)16(20)13(8-9-19)11-4-2-1-3-5-11/h1-7,10,13H,8H2. The predicted molar refractivity (Wildman–Crippen MR) is 75.2 cm³/mol. The second-order valence-corrected chi connectivity index (χ2v) is 4.73. The summed E-state index contributed by atoms with van der Waals surface area (Å²) in [5, 5.41) is 8.87. The number of nitrogens with zero attached hydrogens (tertiary/aromatic N) is 1. The van der Waals surface area contributed by atoms with E-state index in [1.165, 1.54) is 12.1 Å². The first-order valence-corrected chi connectivity index (χ1v) is 6.42. The Hall–Kier alpha value is -2.18. The minimum absolute atomic E-state index is 0.0295. The molecule has 0 N–H and O–H groups in total. The van der Waals surface area contributed by atoms with E-state index in [1.54, 1.807) is 24.3 Å². The Balaban J connectivity index is 2.37. The van der Waals surface area contributed by atoms with Gasteiger partial charge in [0.1, 0.15) is 5.82 Å². The highest BCUT2D eigenvalue weighted by Gasteiger charge is 2.22. The molecule has 1 unspecified atom stereocenters. The van der Waals surface area contributed by atoms with Gasteiger partial charge < -0.3 is 0 Å². The first-order valence-electron chi connectivity index (χ1n) is 6.04. The smallest absolute Gasteiger partial charge is 0.171 e. The number of nitriles is 1. The summed E-state index contributed by atoms with van der Waals surface area (Å²) in [5.41, 5.74) is 0.963. The fourth-order valence-corrected chi connectivity index (χ4v) is 2.11. The van der Waals surface area contributed by atoms with Crippen molar-refractivity contribution in [1.29, 1.82) is 5.26 Å². The lowest BCUT2D eigenvalue weighted by Gasteiger charge is -2.13. The van der Waals surface area contributed by atoms with Gasteiger partial charge >= 0.3 is 0 Å². The van der Waals surface area contributed by atoms with Crippen LogP contribution in [0.15, 0.2) is 48.5 Å². The molecule has 2 rings (SSSR count). The fourth-order valence-electron chi connectivity index (χ4n) is 1.99. The molecule has 0 amide bonds. The normalized spacial score (nSPS) is 11.7. The summed E-state index contributed by atoms with van der Waals surface area (Å²) in [6, 6.07) is 14.9. The first-order chi connectivity index (χ1) is 9.63. The number of hydrogen-bond donors (Lipinski definition) is 0. The van der Waals surface area contributed by atoms with Gasteiger partial charge in [0.15, 0.2) is 5.78 Å². The number of benzene rings is 2. The molecular formula is C16H11ClFNO. The maximum atomic E-state index is 13.4. The van der Waals surface area contributed by atoms with Crippen LogP contribution in [-0.4, -0.2) is 5.78 Å². The predicted octanol–water partition coefficient (Wildman–Crippen LogP) is 4.36. The van der Waals surface area contributed by atoms with Crippen LogP contribution in [0.25, 0.3) is 0 Å². The maximum Gasteiger partial charge on any atom is 0.171 e. The van der Waals surface area contributed by atoms with Gasteiger partial charge in [0.25, 0.3) is 0 Å². The van der Waals surface area contributed by atoms with Crippen LogP contribution >= 0.6 is 11.6 Å². The Morgan fingerprint density at radius 1 is 1.25 bits per heavy atom. The van der Waals surface area contributed by atoms with Crippen molar-refractivity contribution < 1.29 is 9.18 Å². The van der Waals surface area contributed by atoms with Crippen LogP contribution in [0.2, 0.25) is 5.02 Å². The molecule has 2 nitrogen and oxygen atoms in total. The summed E-state index contributed by atoms with van der Waals surface area (Å²) in [7, 11) is 0. The van der Waals surface area contributed by atoms with Crippen molar-refractivity contribution in [2.24, 2.45) is 0 Å². The number of ketones is 1. The van der Waals surface area contributed by atoms with Crippen molar-refractivity contribution >= 4 is 17.4 Å². The quantitative estimate of drug-likeness (QED) is 0.784. The van der Waals surface area contributed by atoms with Gasteiger partial charge in [-0.1, -0.05) is 41.9 Å². The van der Waals surface area contributed by atoms with Gasteiger partial charge in [0.2, 0.25) is 0 Å². The molecule has 0 fully saturated rings. The third kappa shape index (κ3) is 3.04. The van der Waals surface area contributed by atoms with E-state index in [2.05, 4.69) is 0 Å². The molecule has 1 atom stereocenters. The Morgan fingerprint density at radius 2 is 1.95 bits per heavy atom. The van der Waals surface area contributed by atoms with Crippen LogP contribution in [-0.2, 0) is 0 Å². The molecular weight excluding hydrogens is 277 g/mol. The van der Waals surface area contributed by atoms with Crippen LogP contribution in [0.4, 0.5) is 4.39 Å². The van der Waals surface area contributed by atoms with Crippen LogP contribution < -0.4 is 0 Å². The number of carbonyl (C=O) groups is 1. The second-order valence-electron chi connectivity index (χ2n) is 4.32. The number of rotatable bonds is 4. The molecule has 0 spiro atoms. The third-order valence-corrected chi connectivity index (χ3v) is 3.32. The zero-order valence-electron chi connectivity index (χ0n) is 10.5. The molecule has 0 aliphatic carbocycles. The van der Waals surface area contributed by atoms with Gasteiger partial charge in [0, 0.05) is 12.0 Å². The molecule has 20 heavy (non-hydrogen) atoms. The lowest BCUT2D eigenvalue weighted by Crippen LogP contribution is -2.13. The highest BCUT2D eigenvalue weighted by atomic mass is 35.5. The van der Waals surface area contributed by atoms with E-state index in [4.69, 9.17) is 16.9 Å². The second kappa shape index (κ2) is 6.31. The van der Waals surface area contributed by atoms with Crippen molar-refractivity contribution in [3.63, 3.8) is 0 Å². The average molecular weight is 288 g/mol. The SMILES string of the molecule is N#CCC(C(=O)c1ccc(Cl)c(F)c1)c1ccccc1. The molecule has 0 aromatic heterocycles. The largest absolute Gasteiger partial charge is 0.293 e. The van der Waals surface area contributed by atoms with E-state index in [0.29, 0.717) is 0 Å². The van der Waals surface area contributed by atoms with E-state index in [0.717, 1.165) is 11.6 Å². The zero-order chi connectivity index (χ0) is 14.5. The van der Waals surface area contributed by atoms with E-state index < -0.39 is 11.7 Å². The molecule has 0 radical (unpaired) electrons. The topological polar surface area (TPSA) is 40.9 Å². The minimum Gasteiger partial charge on any atom is -0.293 e. The van der Waals surface area contributed by atoms with Crippen LogP contribution in [0, 0.1) is 17.1 Å². The molecule has 0 aliphatic rings. The molecule has 100 valence electrons.